The molecule has 6 heteroatoms. The fourth-order valence-electron chi connectivity index (χ4n) is 2.53. The van der Waals surface area contributed by atoms with Gasteiger partial charge in [0.1, 0.15) is 6.42 Å². The van der Waals surface area contributed by atoms with Crippen molar-refractivity contribution in [2.45, 2.75) is 19.3 Å². The third-order valence-corrected chi connectivity index (χ3v) is 4.17. The van der Waals surface area contributed by atoms with E-state index in [1.807, 2.05) is 30.3 Å². The highest BCUT2D eigenvalue weighted by atomic mass is 79.9. The number of nitriles is 1. The van der Waals surface area contributed by atoms with Gasteiger partial charge in [-0.3, -0.25) is 9.59 Å². The average Bonchev–Trinajstić information content (AvgIpc) is 2.73. The molecule has 2 rings (SSSR count). The number of nitrogens with zero attached hydrogens (tertiary/aromatic N) is 3. The topological polar surface area (TPSA) is 64.4 Å². The molecular weight excluding hydrogens is 346 g/mol. The molecule has 0 N–H and O–H groups in total. The van der Waals surface area contributed by atoms with E-state index in [-0.39, 0.29) is 18.2 Å². The van der Waals surface area contributed by atoms with Crippen molar-refractivity contribution in [3.8, 4) is 6.07 Å². The number of benzene rings is 1. The van der Waals surface area contributed by atoms with E-state index in [9.17, 15) is 9.59 Å². The number of hydrogen-bond acceptors (Lipinski definition) is 3. The molecule has 1 heterocycles. The Morgan fingerprint density at radius 2 is 1.82 bits per heavy atom. The first-order valence-electron chi connectivity index (χ1n) is 7.27. The zero-order valence-corrected chi connectivity index (χ0v) is 13.9. The maximum Gasteiger partial charge on any atom is 0.236 e. The highest BCUT2D eigenvalue weighted by Gasteiger charge is 2.21. The van der Waals surface area contributed by atoms with Crippen LogP contribution in [0.3, 0.4) is 0 Å². The van der Waals surface area contributed by atoms with Crippen LogP contribution >= 0.6 is 15.9 Å². The molecule has 1 aromatic carbocycles. The molecule has 5 nitrogen and oxygen atoms in total. The van der Waals surface area contributed by atoms with Crippen molar-refractivity contribution in [3.05, 3.63) is 34.3 Å². The van der Waals surface area contributed by atoms with Crippen LogP contribution in [0.4, 0.5) is 0 Å². The van der Waals surface area contributed by atoms with Gasteiger partial charge in [-0.2, -0.15) is 5.26 Å². The zero-order chi connectivity index (χ0) is 15.9. The van der Waals surface area contributed by atoms with E-state index in [2.05, 4.69) is 15.9 Å². The van der Waals surface area contributed by atoms with Gasteiger partial charge >= 0.3 is 0 Å². The van der Waals surface area contributed by atoms with Gasteiger partial charge in [0.25, 0.3) is 0 Å². The summed E-state index contributed by atoms with van der Waals surface area (Å²) < 4.78 is 0.960. The summed E-state index contributed by atoms with van der Waals surface area (Å²) in [5.41, 5.74) is 0.973. The molecule has 116 valence electrons. The molecule has 1 saturated heterocycles. The van der Waals surface area contributed by atoms with E-state index < -0.39 is 0 Å². The zero-order valence-electron chi connectivity index (χ0n) is 12.3. The Balaban J connectivity index is 1.92. The van der Waals surface area contributed by atoms with Gasteiger partial charge in [-0.15, -0.1) is 0 Å². The van der Waals surface area contributed by atoms with Crippen LogP contribution in [0.5, 0.6) is 0 Å². The lowest BCUT2D eigenvalue weighted by Crippen LogP contribution is -2.37. The van der Waals surface area contributed by atoms with Crippen LogP contribution in [-0.2, 0) is 16.0 Å². The number of rotatable bonds is 3. The van der Waals surface area contributed by atoms with E-state index in [0.29, 0.717) is 32.6 Å². The number of halogens is 1. The van der Waals surface area contributed by atoms with Gasteiger partial charge in [0.05, 0.1) is 12.5 Å². The van der Waals surface area contributed by atoms with Crippen molar-refractivity contribution in [3.63, 3.8) is 0 Å². The number of carbonyl (C=O) groups is 2. The first kappa shape index (κ1) is 16.5. The molecule has 0 atom stereocenters. The quantitative estimate of drug-likeness (QED) is 0.824. The second kappa shape index (κ2) is 7.95. The van der Waals surface area contributed by atoms with Gasteiger partial charge in [-0.25, -0.2) is 0 Å². The summed E-state index contributed by atoms with van der Waals surface area (Å²) in [6.07, 6.45) is 1.03. The molecule has 2 amide bonds. The summed E-state index contributed by atoms with van der Waals surface area (Å²) in [7, 11) is 0. The smallest absolute Gasteiger partial charge is 0.236 e. The summed E-state index contributed by atoms with van der Waals surface area (Å²) in [5, 5.41) is 8.60. The van der Waals surface area contributed by atoms with Crippen molar-refractivity contribution in [2.75, 3.05) is 26.2 Å². The first-order chi connectivity index (χ1) is 10.6. The summed E-state index contributed by atoms with van der Waals surface area (Å²) in [6.45, 7) is 2.30. The van der Waals surface area contributed by atoms with Crippen LogP contribution in [0.2, 0.25) is 0 Å². The maximum atomic E-state index is 12.4. The normalized spacial score (nSPS) is 15.1. The van der Waals surface area contributed by atoms with Gasteiger partial charge in [-0.05, 0) is 24.1 Å². The third kappa shape index (κ3) is 4.57. The van der Waals surface area contributed by atoms with E-state index in [4.69, 9.17) is 5.26 Å². The molecular formula is C16H18BrN3O2. The minimum atomic E-state index is -0.149. The molecule has 1 fully saturated rings. The molecule has 1 aliphatic heterocycles. The van der Waals surface area contributed by atoms with Crippen LogP contribution in [0, 0.1) is 11.3 Å². The monoisotopic (exact) mass is 363 g/mol. The van der Waals surface area contributed by atoms with Crippen LogP contribution in [0.1, 0.15) is 18.4 Å². The summed E-state index contributed by atoms with van der Waals surface area (Å²) in [5.74, 6) is -0.0727. The molecule has 0 spiro atoms. The highest BCUT2D eigenvalue weighted by molar-refractivity contribution is 9.10. The van der Waals surface area contributed by atoms with Crippen LogP contribution < -0.4 is 0 Å². The molecule has 0 saturated carbocycles. The van der Waals surface area contributed by atoms with Gasteiger partial charge in [0, 0.05) is 30.7 Å². The molecule has 0 unspecified atom stereocenters. The number of carbonyl (C=O) groups excluding carboxylic acids is 2. The largest absolute Gasteiger partial charge is 0.341 e. The molecule has 0 aliphatic carbocycles. The predicted octanol–water partition coefficient (Wildman–Crippen LogP) is 1.97. The predicted molar refractivity (Wildman–Crippen MR) is 85.9 cm³/mol. The van der Waals surface area contributed by atoms with E-state index in [1.165, 1.54) is 0 Å². The van der Waals surface area contributed by atoms with Gasteiger partial charge < -0.3 is 9.80 Å². The summed E-state index contributed by atoms with van der Waals surface area (Å²) in [6, 6.07) is 9.60. The minimum Gasteiger partial charge on any atom is -0.341 e. The average molecular weight is 364 g/mol. The molecule has 0 radical (unpaired) electrons. The van der Waals surface area contributed by atoms with Crippen molar-refractivity contribution in [2.24, 2.45) is 0 Å². The highest BCUT2D eigenvalue weighted by Crippen LogP contribution is 2.14. The standard InChI is InChI=1S/C16H18BrN3O2/c17-14-4-1-3-13(11-14)12-16(22)20-8-2-7-19(9-10-20)15(21)5-6-18/h1,3-4,11H,2,5,7-10,12H2. The van der Waals surface area contributed by atoms with Crippen molar-refractivity contribution < 1.29 is 9.59 Å². The minimum absolute atomic E-state index is 0.0766. The maximum absolute atomic E-state index is 12.4. The second-order valence-electron chi connectivity index (χ2n) is 5.26. The molecule has 1 aromatic rings. The fourth-order valence-corrected chi connectivity index (χ4v) is 2.98. The summed E-state index contributed by atoms with van der Waals surface area (Å²) >= 11 is 3.40. The molecule has 0 bridgehead atoms. The third-order valence-electron chi connectivity index (χ3n) is 3.68. The lowest BCUT2D eigenvalue weighted by Gasteiger charge is -2.21. The molecule has 1 aliphatic rings. The van der Waals surface area contributed by atoms with Gasteiger partial charge in [0.15, 0.2) is 0 Å². The summed E-state index contributed by atoms with van der Waals surface area (Å²) in [4.78, 5) is 27.6. The van der Waals surface area contributed by atoms with Crippen molar-refractivity contribution >= 4 is 27.7 Å². The van der Waals surface area contributed by atoms with Gasteiger partial charge in [-0.1, -0.05) is 28.1 Å². The molecule has 0 aromatic heterocycles. The van der Waals surface area contributed by atoms with Gasteiger partial charge in [0.2, 0.25) is 11.8 Å². The van der Waals surface area contributed by atoms with Crippen LogP contribution in [0.15, 0.2) is 28.7 Å². The van der Waals surface area contributed by atoms with Crippen LogP contribution in [0.25, 0.3) is 0 Å². The van der Waals surface area contributed by atoms with E-state index in [1.54, 1.807) is 9.80 Å². The Morgan fingerprint density at radius 1 is 1.14 bits per heavy atom. The molecule has 22 heavy (non-hydrogen) atoms. The Morgan fingerprint density at radius 3 is 2.45 bits per heavy atom. The number of hydrogen-bond donors (Lipinski definition) is 0. The second-order valence-corrected chi connectivity index (χ2v) is 6.17. The van der Waals surface area contributed by atoms with Crippen molar-refractivity contribution in [1.82, 2.24) is 9.80 Å². The van der Waals surface area contributed by atoms with Crippen LogP contribution in [-0.4, -0.2) is 47.8 Å². The fraction of sp³-hybridized carbons (Fsp3) is 0.438. The Labute approximate surface area is 138 Å². The Bertz CT molecular complexity index is 597. The van der Waals surface area contributed by atoms with E-state index in [0.717, 1.165) is 16.5 Å². The Hall–Kier alpha value is -1.87. The lowest BCUT2D eigenvalue weighted by molar-refractivity contribution is -0.132. The first-order valence-corrected chi connectivity index (χ1v) is 8.06. The lowest BCUT2D eigenvalue weighted by atomic mass is 10.1. The van der Waals surface area contributed by atoms with Crippen molar-refractivity contribution in [1.29, 1.82) is 5.26 Å². The Kier molecular flexibility index (Phi) is 5.96. The SMILES string of the molecule is N#CCC(=O)N1CCCN(C(=O)Cc2cccc(Br)c2)CC1. The van der Waals surface area contributed by atoms with E-state index >= 15 is 0 Å². The number of amides is 2.